The molecule has 0 bridgehead atoms. The Balaban J connectivity index is 1.38. The molecule has 0 atom stereocenters. The molecule has 2 aromatic rings. The largest absolute Gasteiger partial charge is 0.484 e. The number of rotatable bonds is 6. The fraction of sp³-hybridized carbons (Fsp3) is 0.381. The summed E-state index contributed by atoms with van der Waals surface area (Å²) in [6, 6.07) is 16.1. The molecule has 2 aromatic carbocycles. The van der Waals surface area contributed by atoms with Gasteiger partial charge in [-0.3, -0.25) is 4.79 Å². The summed E-state index contributed by atoms with van der Waals surface area (Å²) in [4.78, 5) is 13.7. The monoisotopic (exact) mass is 373 g/mol. The van der Waals surface area contributed by atoms with Crippen molar-refractivity contribution in [1.82, 2.24) is 5.32 Å². The van der Waals surface area contributed by atoms with Crippen molar-refractivity contribution in [2.75, 3.05) is 19.7 Å². The third-order valence-corrected chi connectivity index (χ3v) is 5.04. The minimum atomic E-state index is -0.0438. The van der Waals surface area contributed by atoms with Crippen molar-refractivity contribution in [3.8, 4) is 5.75 Å². The lowest BCUT2D eigenvalue weighted by Crippen LogP contribution is -3.12. The van der Waals surface area contributed by atoms with Gasteiger partial charge in [0.05, 0.1) is 13.1 Å². The molecular weight excluding hydrogens is 348 g/mol. The second-order valence-corrected chi connectivity index (χ2v) is 7.44. The Morgan fingerprint density at radius 1 is 1.19 bits per heavy atom. The van der Waals surface area contributed by atoms with Crippen molar-refractivity contribution in [2.24, 2.45) is 0 Å². The molecule has 26 heavy (non-hydrogen) atoms. The maximum absolute atomic E-state index is 12.1. The molecule has 2 N–H and O–H groups in total. The lowest BCUT2D eigenvalue weighted by molar-refractivity contribution is -0.918. The zero-order valence-corrected chi connectivity index (χ0v) is 15.9. The third-order valence-electron chi connectivity index (χ3n) is 4.78. The van der Waals surface area contributed by atoms with Crippen molar-refractivity contribution >= 4 is 17.5 Å². The summed E-state index contributed by atoms with van der Waals surface area (Å²) < 4.78 is 5.57. The van der Waals surface area contributed by atoms with Crippen LogP contribution < -0.4 is 15.0 Å². The van der Waals surface area contributed by atoms with Gasteiger partial charge < -0.3 is 15.0 Å². The molecule has 4 nitrogen and oxygen atoms in total. The summed E-state index contributed by atoms with van der Waals surface area (Å²) in [5, 5.41) is 3.88. The van der Waals surface area contributed by atoms with Crippen LogP contribution in [-0.2, 0) is 11.3 Å². The van der Waals surface area contributed by atoms with Crippen LogP contribution in [0.25, 0.3) is 0 Å². The van der Waals surface area contributed by atoms with E-state index in [9.17, 15) is 4.79 Å². The average molecular weight is 374 g/mol. The van der Waals surface area contributed by atoms with Crippen molar-refractivity contribution in [3.63, 3.8) is 0 Å². The van der Waals surface area contributed by atoms with E-state index < -0.39 is 0 Å². The van der Waals surface area contributed by atoms with E-state index in [1.165, 1.54) is 5.56 Å². The summed E-state index contributed by atoms with van der Waals surface area (Å²) in [6.45, 7) is 5.21. The molecule has 1 aliphatic heterocycles. The van der Waals surface area contributed by atoms with Crippen LogP contribution in [0.15, 0.2) is 48.5 Å². The molecule has 1 saturated heterocycles. The first-order valence-electron chi connectivity index (χ1n) is 9.15. The van der Waals surface area contributed by atoms with E-state index >= 15 is 0 Å². The third kappa shape index (κ3) is 5.75. The van der Waals surface area contributed by atoms with Crippen LogP contribution in [0.2, 0.25) is 5.02 Å². The number of piperidine rings is 1. The van der Waals surface area contributed by atoms with Crippen LogP contribution in [-0.4, -0.2) is 31.6 Å². The highest BCUT2D eigenvalue weighted by molar-refractivity contribution is 6.30. The number of ether oxygens (including phenoxy) is 1. The minimum absolute atomic E-state index is 0.0438. The number of carbonyl (C=O) groups excluding carboxylic acids is 1. The number of likely N-dealkylation sites (tertiary alicyclic amines) is 1. The quantitative estimate of drug-likeness (QED) is 0.816. The maximum atomic E-state index is 12.1. The van der Waals surface area contributed by atoms with E-state index in [0.29, 0.717) is 0 Å². The van der Waals surface area contributed by atoms with Gasteiger partial charge in [-0.2, -0.15) is 0 Å². The van der Waals surface area contributed by atoms with Gasteiger partial charge in [0.2, 0.25) is 0 Å². The smallest absolute Gasteiger partial charge is 0.258 e. The van der Waals surface area contributed by atoms with Gasteiger partial charge >= 0.3 is 0 Å². The molecule has 0 radical (unpaired) electrons. The average Bonchev–Trinajstić information content (AvgIpc) is 2.64. The van der Waals surface area contributed by atoms with Crippen molar-refractivity contribution in [1.29, 1.82) is 0 Å². The molecule has 0 saturated carbocycles. The highest BCUT2D eigenvalue weighted by atomic mass is 35.5. The highest BCUT2D eigenvalue weighted by Gasteiger charge is 2.23. The lowest BCUT2D eigenvalue weighted by atomic mass is 10.0. The molecule has 138 valence electrons. The van der Waals surface area contributed by atoms with Crippen LogP contribution in [0.3, 0.4) is 0 Å². The molecule has 1 fully saturated rings. The van der Waals surface area contributed by atoms with Gasteiger partial charge in [0.25, 0.3) is 5.91 Å². The van der Waals surface area contributed by atoms with Gasteiger partial charge in [0, 0.05) is 29.5 Å². The van der Waals surface area contributed by atoms with Crippen LogP contribution in [0.1, 0.15) is 24.0 Å². The Morgan fingerprint density at radius 3 is 2.62 bits per heavy atom. The Labute approximate surface area is 160 Å². The van der Waals surface area contributed by atoms with Crippen LogP contribution in [0.5, 0.6) is 5.75 Å². The number of hydrogen-bond donors (Lipinski definition) is 2. The van der Waals surface area contributed by atoms with E-state index in [1.807, 2.05) is 43.3 Å². The summed E-state index contributed by atoms with van der Waals surface area (Å²) in [6.07, 6.45) is 2.00. The molecule has 0 aromatic heterocycles. The number of halogens is 1. The molecule has 0 unspecified atom stereocenters. The molecule has 0 spiro atoms. The summed E-state index contributed by atoms with van der Waals surface area (Å²) in [5.41, 5.74) is 2.43. The van der Waals surface area contributed by atoms with Gasteiger partial charge in [-0.15, -0.1) is 0 Å². The fourth-order valence-corrected chi connectivity index (χ4v) is 3.49. The first kappa shape index (κ1) is 18.7. The standard InChI is InChI=1S/C21H25ClN2O2/c1-16-3-2-4-20(13-16)26-15-21(25)23-19-9-11-24(12-10-19)14-17-5-7-18(22)8-6-17/h2-8,13,19H,9-12,14-15H2,1H3,(H,23,25)/p+1. The number of aryl methyl sites for hydroxylation is 1. The number of carbonyl (C=O) groups is 1. The fourth-order valence-electron chi connectivity index (χ4n) is 3.36. The summed E-state index contributed by atoms with van der Waals surface area (Å²) in [5.74, 6) is 0.694. The number of hydrogen-bond acceptors (Lipinski definition) is 2. The topological polar surface area (TPSA) is 42.8 Å². The Hall–Kier alpha value is -2.04. The molecule has 5 heteroatoms. The predicted octanol–water partition coefficient (Wildman–Crippen LogP) is 2.39. The van der Waals surface area contributed by atoms with Gasteiger partial charge in [0.1, 0.15) is 12.3 Å². The molecular formula is C21H26ClN2O2+. The van der Waals surface area contributed by atoms with Crippen LogP contribution >= 0.6 is 11.6 Å². The molecule has 1 amide bonds. The summed E-state index contributed by atoms with van der Waals surface area (Å²) in [7, 11) is 0. The Bertz CT molecular complexity index is 725. The highest BCUT2D eigenvalue weighted by Crippen LogP contribution is 2.12. The van der Waals surface area contributed by atoms with Gasteiger partial charge in [0.15, 0.2) is 6.61 Å². The summed E-state index contributed by atoms with van der Waals surface area (Å²) >= 11 is 5.94. The van der Waals surface area contributed by atoms with E-state index in [-0.39, 0.29) is 18.6 Å². The van der Waals surface area contributed by atoms with Crippen molar-refractivity contribution in [2.45, 2.75) is 32.4 Å². The van der Waals surface area contributed by atoms with Crippen LogP contribution in [0, 0.1) is 6.92 Å². The number of amides is 1. The molecule has 1 aliphatic rings. The van der Waals surface area contributed by atoms with E-state index in [1.54, 1.807) is 4.90 Å². The second-order valence-electron chi connectivity index (χ2n) is 7.00. The van der Waals surface area contributed by atoms with E-state index in [2.05, 4.69) is 17.4 Å². The normalized spacial score (nSPS) is 19.8. The molecule has 1 heterocycles. The van der Waals surface area contributed by atoms with Gasteiger partial charge in [-0.25, -0.2) is 0 Å². The first-order valence-corrected chi connectivity index (χ1v) is 9.53. The zero-order valence-electron chi connectivity index (χ0n) is 15.1. The maximum Gasteiger partial charge on any atom is 0.258 e. The first-order chi connectivity index (χ1) is 12.6. The van der Waals surface area contributed by atoms with Gasteiger partial charge in [-0.05, 0) is 36.8 Å². The molecule has 0 aliphatic carbocycles. The molecule has 3 rings (SSSR count). The SMILES string of the molecule is Cc1cccc(OCC(=O)NC2CC[NH+](Cc3ccc(Cl)cc3)CC2)c1. The zero-order chi connectivity index (χ0) is 18.4. The van der Waals surface area contributed by atoms with Crippen LogP contribution in [0.4, 0.5) is 0 Å². The second kappa shape index (κ2) is 9.06. The van der Waals surface area contributed by atoms with Crippen molar-refractivity contribution in [3.05, 3.63) is 64.7 Å². The van der Waals surface area contributed by atoms with Crippen molar-refractivity contribution < 1.29 is 14.4 Å². The van der Waals surface area contributed by atoms with E-state index in [4.69, 9.17) is 16.3 Å². The Morgan fingerprint density at radius 2 is 1.92 bits per heavy atom. The lowest BCUT2D eigenvalue weighted by Gasteiger charge is -2.29. The van der Waals surface area contributed by atoms with Gasteiger partial charge in [-0.1, -0.05) is 35.9 Å². The van der Waals surface area contributed by atoms with E-state index in [0.717, 1.165) is 48.8 Å². The predicted molar refractivity (Wildman–Crippen MR) is 104 cm³/mol. The Kier molecular flexibility index (Phi) is 6.53. The number of benzene rings is 2. The minimum Gasteiger partial charge on any atom is -0.484 e. The number of quaternary nitrogens is 1. The number of nitrogens with one attached hydrogen (secondary N) is 2.